The number of likely N-dealkylation sites (tertiary alicyclic amines) is 1. The first-order valence-corrected chi connectivity index (χ1v) is 10.6. The van der Waals surface area contributed by atoms with Crippen molar-refractivity contribution in [3.63, 3.8) is 0 Å². The third-order valence-electron chi connectivity index (χ3n) is 5.77. The Morgan fingerprint density at radius 3 is 2.68 bits per heavy atom. The minimum Gasteiger partial charge on any atom is -0.368 e. The zero-order valence-electron chi connectivity index (χ0n) is 15.0. The lowest BCUT2D eigenvalue weighted by Crippen LogP contribution is -2.45. The van der Waals surface area contributed by atoms with Crippen LogP contribution in [0, 0.1) is 10.5 Å². The third kappa shape index (κ3) is 4.03. The van der Waals surface area contributed by atoms with Gasteiger partial charge in [-0.15, -0.1) is 0 Å². The van der Waals surface area contributed by atoms with Gasteiger partial charge in [-0.25, -0.2) is 0 Å². The summed E-state index contributed by atoms with van der Waals surface area (Å²) in [5, 5.41) is 0. The van der Waals surface area contributed by atoms with E-state index in [1.165, 1.54) is 72.2 Å². The number of halogens is 1. The van der Waals surface area contributed by atoms with Crippen LogP contribution in [0.25, 0.3) is 0 Å². The van der Waals surface area contributed by atoms with Gasteiger partial charge in [-0.1, -0.05) is 29.8 Å². The van der Waals surface area contributed by atoms with Crippen LogP contribution in [0.15, 0.2) is 42.5 Å². The van der Waals surface area contributed by atoms with Crippen molar-refractivity contribution < 1.29 is 0 Å². The summed E-state index contributed by atoms with van der Waals surface area (Å²) < 4.78 is 1.36. The van der Waals surface area contributed by atoms with E-state index in [9.17, 15) is 0 Å². The maximum absolute atomic E-state index is 2.68. The molecule has 0 radical (unpaired) electrons. The molecular formula is C22H27IN2. The second-order valence-corrected chi connectivity index (χ2v) is 8.77. The Balaban J connectivity index is 1.31. The van der Waals surface area contributed by atoms with Crippen LogP contribution in [0.4, 0.5) is 5.69 Å². The van der Waals surface area contributed by atoms with Crippen LogP contribution in [0.2, 0.25) is 0 Å². The van der Waals surface area contributed by atoms with E-state index in [0.717, 1.165) is 6.04 Å². The van der Waals surface area contributed by atoms with Crippen LogP contribution in [0.1, 0.15) is 29.5 Å². The Hall–Kier alpha value is -1.07. The van der Waals surface area contributed by atoms with Gasteiger partial charge in [-0.05, 0) is 84.5 Å². The molecule has 1 saturated heterocycles. The van der Waals surface area contributed by atoms with Gasteiger partial charge in [0.2, 0.25) is 0 Å². The van der Waals surface area contributed by atoms with Crippen molar-refractivity contribution in [2.24, 2.45) is 0 Å². The normalized spacial score (nSPS) is 18.6. The lowest BCUT2D eigenvalue weighted by molar-refractivity contribution is 0.212. The predicted octanol–water partition coefficient (Wildman–Crippen LogP) is 4.67. The molecule has 2 aromatic rings. The highest BCUT2D eigenvalue weighted by Crippen LogP contribution is 2.33. The molecule has 1 fully saturated rings. The fraction of sp³-hybridized carbons (Fsp3) is 0.455. The number of benzene rings is 2. The van der Waals surface area contributed by atoms with E-state index in [1.54, 1.807) is 5.56 Å². The molecule has 0 aliphatic carbocycles. The van der Waals surface area contributed by atoms with Crippen LogP contribution in [0.5, 0.6) is 0 Å². The molecular weight excluding hydrogens is 419 g/mol. The molecule has 132 valence electrons. The smallest absolute Gasteiger partial charge is 0.0402 e. The summed E-state index contributed by atoms with van der Waals surface area (Å²) in [6.45, 7) is 7.08. The first-order chi connectivity index (χ1) is 12.2. The van der Waals surface area contributed by atoms with Crippen LogP contribution >= 0.6 is 22.6 Å². The lowest BCUT2D eigenvalue weighted by Gasteiger charge is -2.38. The quantitative estimate of drug-likeness (QED) is 0.630. The van der Waals surface area contributed by atoms with E-state index in [0.29, 0.717) is 0 Å². The van der Waals surface area contributed by atoms with Crippen molar-refractivity contribution in [2.45, 2.75) is 38.6 Å². The average molecular weight is 446 g/mol. The molecule has 25 heavy (non-hydrogen) atoms. The summed E-state index contributed by atoms with van der Waals surface area (Å²) in [5.41, 5.74) is 5.90. The standard InChI is InChI=1S/C22H27IN2/c1-17-3-2-4-18(15-17)7-11-24-12-9-21(10-13-24)25-14-8-19-16-20(23)5-6-22(19)25/h2-6,15-16,21H,7-14H2,1H3. The van der Waals surface area contributed by atoms with E-state index >= 15 is 0 Å². The molecule has 0 N–H and O–H groups in total. The van der Waals surface area contributed by atoms with Gasteiger partial charge < -0.3 is 9.80 Å². The number of anilines is 1. The van der Waals surface area contributed by atoms with E-state index in [4.69, 9.17) is 0 Å². The molecule has 0 unspecified atom stereocenters. The Labute approximate surface area is 165 Å². The maximum atomic E-state index is 2.68. The minimum atomic E-state index is 0.733. The number of piperidine rings is 1. The highest BCUT2D eigenvalue weighted by Gasteiger charge is 2.29. The highest BCUT2D eigenvalue weighted by atomic mass is 127. The summed E-state index contributed by atoms with van der Waals surface area (Å²) in [4.78, 5) is 5.34. The second-order valence-electron chi connectivity index (χ2n) is 7.53. The largest absolute Gasteiger partial charge is 0.368 e. The van der Waals surface area contributed by atoms with E-state index in [-0.39, 0.29) is 0 Å². The third-order valence-corrected chi connectivity index (χ3v) is 6.44. The molecule has 2 aliphatic rings. The Bertz CT molecular complexity index is 735. The second kappa shape index (κ2) is 7.67. The van der Waals surface area contributed by atoms with Crippen molar-refractivity contribution in [1.29, 1.82) is 0 Å². The minimum absolute atomic E-state index is 0.733. The van der Waals surface area contributed by atoms with Gasteiger partial charge in [-0.3, -0.25) is 0 Å². The summed E-state index contributed by atoms with van der Waals surface area (Å²) in [6.07, 6.45) is 5.01. The number of aryl methyl sites for hydroxylation is 1. The van der Waals surface area contributed by atoms with Crippen LogP contribution < -0.4 is 4.90 Å². The van der Waals surface area contributed by atoms with Crippen LogP contribution in [-0.2, 0) is 12.8 Å². The van der Waals surface area contributed by atoms with Gasteiger partial charge in [0.15, 0.2) is 0 Å². The Kier molecular flexibility index (Phi) is 5.32. The summed E-state index contributed by atoms with van der Waals surface area (Å²) >= 11 is 2.43. The SMILES string of the molecule is Cc1cccc(CCN2CCC(N3CCc4cc(I)ccc43)CC2)c1. The molecule has 2 nitrogen and oxygen atoms in total. The first-order valence-electron chi connectivity index (χ1n) is 9.52. The lowest BCUT2D eigenvalue weighted by atomic mass is 10.0. The van der Waals surface area contributed by atoms with Crippen molar-refractivity contribution in [3.8, 4) is 0 Å². The molecule has 0 amide bonds. The van der Waals surface area contributed by atoms with Gasteiger partial charge in [0.05, 0.1) is 0 Å². The van der Waals surface area contributed by atoms with Crippen molar-refractivity contribution in [1.82, 2.24) is 4.90 Å². The number of hydrogen-bond donors (Lipinski definition) is 0. The Morgan fingerprint density at radius 1 is 1.04 bits per heavy atom. The Morgan fingerprint density at radius 2 is 1.88 bits per heavy atom. The van der Waals surface area contributed by atoms with E-state index in [2.05, 4.69) is 81.8 Å². The molecule has 3 heteroatoms. The maximum Gasteiger partial charge on any atom is 0.0402 e. The summed E-state index contributed by atoms with van der Waals surface area (Å²) in [5.74, 6) is 0. The molecule has 2 heterocycles. The van der Waals surface area contributed by atoms with Gasteiger partial charge in [0.1, 0.15) is 0 Å². The summed E-state index contributed by atoms with van der Waals surface area (Å²) in [7, 11) is 0. The topological polar surface area (TPSA) is 6.48 Å². The molecule has 0 aromatic heterocycles. The first kappa shape index (κ1) is 17.3. The number of rotatable bonds is 4. The molecule has 0 atom stereocenters. The molecule has 0 bridgehead atoms. The van der Waals surface area contributed by atoms with Crippen LogP contribution in [0.3, 0.4) is 0 Å². The zero-order chi connectivity index (χ0) is 17.2. The van der Waals surface area contributed by atoms with Crippen molar-refractivity contribution in [3.05, 3.63) is 62.7 Å². The molecule has 0 saturated carbocycles. The number of fused-ring (bicyclic) bond motifs is 1. The molecule has 0 spiro atoms. The van der Waals surface area contributed by atoms with Gasteiger partial charge in [-0.2, -0.15) is 0 Å². The van der Waals surface area contributed by atoms with Gasteiger partial charge in [0, 0.05) is 41.5 Å². The van der Waals surface area contributed by atoms with Crippen molar-refractivity contribution >= 4 is 28.3 Å². The molecule has 2 aliphatic heterocycles. The van der Waals surface area contributed by atoms with E-state index in [1.807, 2.05) is 0 Å². The highest BCUT2D eigenvalue weighted by molar-refractivity contribution is 14.1. The van der Waals surface area contributed by atoms with Crippen LogP contribution in [-0.4, -0.2) is 37.1 Å². The molecule has 2 aromatic carbocycles. The average Bonchev–Trinajstić information content (AvgIpc) is 3.03. The van der Waals surface area contributed by atoms with E-state index < -0.39 is 0 Å². The zero-order valence-corrected chi connectivity index (χ0v) is 17.2. The van der Waals surface area contributed by atoms with Gasteiger partial charge >= 0.3 is 0 Å². The fourth-order valence-electron chi connectivity index (χ4n) is 4.38. The summed E-state index contributed by atoms with van der Waals surface area (Å²) in [6, 6.07) is 16.7. The predicted molar refractivity (Wildman–Crippen MR) is 115 cm³/mol. The number of nitrogens with zero attached hydrogens (tertiary/aromatic N) is 2. The molecule has 4 rings (SSSR count). The number of hydrogen-bond acceptors (Lipinski definition) is 2. The van der Waals surface area contributed by atoms with Gasteiger partial charge in [0.25, 0.3) is 0 Å². The fourth-order valence-corrected chi connectivity index (χ4v) is 4.94. The monoisotopic (exact) mass is 446 g/mol. The van der Waals surface area contributed by atoms with Crippen molar-refractivity contribution in [2.75, 3.05) is 31.1 Å².